The van der Waals surface area contributed by atoms with Crippen molar-refractivity contribution in [3.05, 3.63) is 0 Å². The topological polar surface area (TPSA) is 71.4 Å². The molecule has 0 aliphatic heterocycles. The van der Waals surface area contributed by atoms with Gasteiger partial charge in [0.25, 0.3) is 0 Å². The summed E-state index contributed by atoms with van der Waals surface area (Å²) in [6, 6.07) is 0. The maximum absolute atomic E-state index is 13.8. The van der Waals surface area contributed by atoms with E-state index in [-0.39, 0.29) is 11.6 Å². The van der Waals surface area contributed by atoms with E-state index in [1.54, 1.807) is 0 Å². The van der Waals surface area contributed by atoms with Crippen LogP contribution in [0.3, 0.4) is 0 Å². The lowest BCUT2D eigenvalue weighted by atomic mass is 9.82. The summed E-state index contributed by atoms with van der Waals surface area (Å²) in [4.78, 5) is 39.8. The predicted molar refractivity (Wildman–Crippen MR) is 254 cm³/mol. The Kier molecular flexibility index (Phi) is 45.9. The number of hydrogen-bond donors (Lipinski definition) is 1. The van der Waals surface area contributed by atoms with Gasteiger partial charge in [-0.2, -0.15) is 0 Å². The number of rotatable bonds is 50. The second-order valence-electron chi connectivity index (χ2n) is 18.8. The second kappa shape index (κ2) is 46.9. The number of carbonyl (C=O) groups is 3. The molecule has 0 spiro atoms. The van der Waals surface area contributed by atoms with Crippen LogP contribution in [0.5, 0.6) is 0 Å². The molecule has 0 aromatic carbocycles. The maximum atomic E-state index is 13.8. The fourth-order valence-electron chi connectivity index (χ4n) is 9.02. The van der Waals surface area contributed by atoms with Crippen LogP contribution in [-0.2, 0) is 14.4 Å². The van der Waals surface area contributed by atoms with E-state index in [1.165, 1.54) is 218 Å². The molecule has 2 unspecified atom stereocenters. The maximum Gasteiger partial charge on any atom is 0.314 e. The zero-order chi connectivity index (χ0) is 42.4. The molecule has 0 aliphatic rings. The molecule has 0 aromatic heterocycles. The molecule has 0 saturated carbocycles. The van der Waals surface area contributed by atoms with E-state index >= 15 is 0 Å². The molecule has 0 fully saturated rings. The Morgan fingerprint density at radius 3 is 0.741 bits per heavy atom. The molecule has 4 heteroatoms. The Hall–Kier alpha value is -1.19. The average Bonchev–Trinajstić information content (AvgIpc) is 3.21. The van der Waals surface area contributed by atoms with Gasteiger partial charge in [0, 0.05) is 6.42 Å². The molecule has 0 saturated heterocycles. The number of carboxylic acid groups (broad SMARTS) is 1. The Morgan fingerprint density at radius 2 is 0.500 bits per heavy atom. The molecule has 2 atom stereocenters. The van der Waals surface area contributed by atoms with Crippen molar-refractivity contribution in [3.63, 3.8) is 0 Å². The Balaban J connectivity index is 4.57. The van der Waals surface area contributed by atoms with Crippen LogP contribution in [0, 0.1) is 11.8 Å². The van der Waals surface area contributed by atoms with Gasteiger partial charge in [0.05, 0.1) is 5.92 Å². The monoisotopic (exact) mass is 817 g/mol. The quantitative estimate of drug-likeness (QED) is 0.0490. The highest BCUT2D eigenvalue weighted by Gasteiger charge is 2.35. The van der Waals surface area contributed by atoms with E-state index in [9.17, 15) is 19.5 Å². The zero-order valence-electron chi connectivity index (χ0n) is 39.9. The predicted octanol–water partition coefficient (Wildman–Crippen LogP) is 18.4. The van der Waals surface area contributed by atoms with Gasteiger partial charge in [0.15, 0.2) is 5.78 Å². The third-order valence-electron chi connectivity index (χ3n) is 13.1. The van der Waals surface area contributed by atoms with Gasteiger partial charge in [-0.15, -0.1) is 0 Å². The lowest BCUT2D eigenvalue weighted by molar-refractivity contribution is -0.149. The van der Waals surface area contributed by atoms with E-state index in [4.69, 9.17) is 0 Å². The summed E-state index contributed by atoms with van der Waals surface area (Å²) in [6.45, 7) is 6.82. The molecule has 1 N–H and O–H groups in total. The molecule has 0 aromatic rings. The van der Waals surface area contributed by atoms with Crippen LogP contribution < -0.4 is 0 Å². The highest BCUT2D eigenvalue weighted by Crippen LogP contribution is 2.25. The third-order valence-corrected chi connectivity index (χ3v) is 13.1. The van der Waals surface area contributed by atoms with Crippen LogP contribution in [0.15, 0.2) is 0 Å². The molecule has 344 valence electrons. The van der Waals surface area contributed by atoms with Gasteiger partial charge in [-0.1, -0.05) is 290 Å². The van der Waals surface area contributed by atoms with Gasteiger partial charge < -0.3 is 5.11 Å². The van der Waals surface area contributed by atoms with E-state index < -0.39 is 17.8 Å². The summed E-state index contributed by atoms with van der Waals surface area (Å²) in [7, 11) is 0. The fourth-order valence-corrected chi connectivity index (χ4v) is 9.02. The third kappa shape index (κ3) is 39.0. The smallest absolute Gasteiger partial charge is 0.314 e. The van der Waals surface area contributed by atoms with Crippen molar-refractivity contribution in [2.24, 2.45) is 11.8 Å². The van der Waals surface area contributed by atoms with E-state index in [1.807, 2.05) is 0 Å². The Morgan fingerprint density at radius 1 is 0.293 bits per heavy atom. The minimum absolute atomic E-state index is 0.0154. The number of carboxylic acids is 1. The van der Waals surface area contributed by atoms with Crippen molar-refractivity contribution in [1.29, 1.82) is 0 Å². The average molecular weight is 817 g/mol. The number of Topliss-reactive ketones (excluding diaryl/α,β-unsaturated/α-hetero) is 2. The van der Waals surface area contributed by atoms with Gasteiger partial charge in [-0.05, 0) is 19.3 Å². The largest absolute Gasteiger partial charge is 0.481 e. The van der Waals surface area contributed by atoms with Crippen molar-refractivity contribution in [1.82, 2.24) is 0 Å². The Labute approximate surface area is 363 Å². The van der Waals surface area contributed by atoms with Gasteiger partial charge in [0.2, 0.25) is 0 Å². The summed E-state index contributed by atoms with van der Waals surface area (Å²) < 4.78 is 0. The van der Waals surface area contributed by atoms with Crippen LogP contribution in [0.4, 0.5) is 0 Å². The van der Waals surface area contributed by atoms with Gasteiger partial charge in [-0.25, -0.2) is 0 Å². The molecule has 4 nitrogen and oxygen atoms in total. The molecule has 0 bridgehead atoms. The summed E-state index contributed by atoms with van der Waals surface area (Å²) in [5, 5.41) is 10.2. The van der Waals surface area contributed by atoms with Crippen LogP contribution in [0.2, 0.25) is 0 Å². The van der Waals surface area contributed by atoms with E-state index in [0.717, 1.165) is 57.8 Å². The second-order valence-corrected chi connectivity index (χ2v) is 18.8. The molecule has 0 amide bonds. The molecule has 58 heavy (non-hydrogen) atoms. The normalized spacial score (nSPS) is 12.6. The number of ketones is 2. The van der Waals surface area contributed by atoms with Crippen molar-refractivity contribution in [2.45, 2.75) is 316 Å². The first-order valence-electron chi connectivity index (χ1n) is 26.8. The van der Waals surface area contributed by atoms with Crippen molar-refractivity contribution in [3.8, 4) is 0 Å². The SMILES string of the molecule is CCCCCCCCCCCCCCCCCC(=O)C(CCCCCCCCCCCCCCCC)C(=O)C(CCCCCCCCCCCCCCCC)C(=O)O. The van der Waals surface area contributed by atoms with Crippen LogP contribution in [0.1, 0.15) is 316 Å². The first-order chi connectivity index (χ1) is 28.5. The van der Waals surface area contributed by atoms with Crippen molar-refractivity contribution in [2.75, 3.05) is 0 Å². The number of hydrogen-bond acceptors (Lipinski definition) is 3. The van der Waals surface area contributed by atoms with E-state index in [0.29, 0.717) is 19.3 Å². The Bertz CT molecular complexity index is 867. The molecule has 0 heterocycles. The summed E-state index contributed by atoms with van der Waals surface area (Å²) in [6.07, 6.45) is 55.9. The van der Waals surface area contributed by atoms with Crippen LogP contribution >= 0.6 is 0 Å². The standard InChI is InChI=1S/C54H104O4/c1-4-7-10-13-16-19-22-25-28-31-34-37-40-43-46-49-52(55)50(47-44-41-38-35-32-29-26-23-20-17-14-11-8-5-2)53(56)51(54(57)58)48-45-42-39-36-33-30-27-24-21-18-15-12-9-6-3/h50-51H,4-49H2,1-3H3,(H,57,58). The summed E-state index contributed by atoms with van der Waals surface area (Å²) >= 11 is 0. The van der Waals surface area contributed by atoms with Gasteiger partial charge >= 0.3 is 5.97 Å². The van der Waals surface area contributed by atoms with Crippen molar-refractivity contribution < 1.29 is 19.5 Å². The minimum atomic E-state index is -1.03. The molecule has 0 radical (unpaired) electrons. The van der Waals surface area contributed by atoms with E-state index in [2.05, 4.69) is 20.8 Å². The van der Waals surface area contributed by atoms with Crippen LogP contribution in [-0.4, -0.2) is 22.6 Å². The van der Waals surface area contributed by atoms with Crippen molar-refractivity contribution >= 4 is 17.5 Å². The first kappa shape index (κ1) is 56.8. The van der Waals surface area contributed by atoms with Crippen LogP contribution in [0.25, 0.3) is 0 Å². The molecular formula is C54H104O4. The number of carbonyl (C=O) groups excluding carboxylic acids is 2. The number of aliphatic carboxylic acids is 1. The minimum Gasteiger partial charge on any atom is -0.481 e. The summed E-state index contributed by atoms with van der Waals surface area (Å²) in [5.41, 5.74) is 0. The first-order valence-corrected chi connectivity index (χ1v) is 26.8. The molecular weight excluding hydrogens is 713 g/mol. The van der Waals surface area contributed by atoms with Gasteiger partial charge in [0.1, 0.15) is 11.7 Å². The zero-order valence-corrected chi connectivity index (χ0v) is 39.9. The summed E-state index contributed by atoms with van der Waals surface area (Å²) in [5.74, 6) is -3.05. The highest BCUT2D eigenvalue weighted by molar-refractivity contribution is 6.09. The lowest BCUT2D eigenvalue weighted by Gasteiger charge is -2.19. The highest BCUT2D eigenvalue weighted by atomic mass is 16.4. The number of unbranched alkanes of at least 4 members (excludes halogenated alkanes) is 40. The molecule has 0 aliphatic carbocycles. The molecule has 0 rings (SSSR count). The fraction of sp³-hybridized carbons (Fsp3) is 0.944. The lowest BCUT2D eigenvalue weighted by Crippen LogP contribution is -2.34. The van der Waals surface area contributed by atoms with Gasteiger partial charge in [-0.3, -0.25) is 14.4 Å².